The molecule has 4 aromatic rings. The van der Waals surface area contributed by atoms with E-state index in [0.29, 0.717) is 32.7 Å². The second-order valence-corrected chi connectivity index (χ2v) is 7.34. The number of nitrogens with zero attached hydrogens (tertiary/aromatic N) is 3. The third-order valence-electron chi connectivity index (χ3n) is 4.41. The van der Waals surface area contributed by atoms with Gasteiger partial charge in [0.15, 0.2) is 5.82 Å². The topological polar surface area (TPSA) is 105 Å². The van der Waals surface area contributed by atoms with Crippen LogP contribution in [0.4, 0.5) is 10.5 Å². The van der Waals surface area contributed by atoms with Gasteiger partial charge in [-0.25, -0.2) is 14.5 Å². The molecule has 0 spiro atoms. The molecule has 3 N–H and O–H groups in total. The standard InChI is InChI=1S/C21H16Cl2N6O2/c22-17-4-3-15(9-18(17)23)28-21(31)26-10-13-5-7-25-19(8-13)29-20(30)16(12-27-29)14-2-1-6-24-11-14/h1-9,11-12,27H,10H2,(H2,26,28,31). The van der Waals surface area contributed by atoms with Crippen molar-refractivity contribution in [2.24, 2.45) is 0 Å². The van der Waals surface area contributed by atoms with Crippen LogP contribution < -0.4 is 16.2 Å². The Labute approximate surface area is 186 Å². The van der Waals surface area contributed by atoms with Gasteiger partial charge in [0.2, 0.25) is 0 Å². The maximum absolute atomic E-state index is 12.8. The molecule has 8 nitrogen and oxygen atoms in total. The number of pyridine rings is 2. The van der Waals surface area contributed by atoms with Gasteiger partial charge in [-0.2, -0.15) is 0 Å². The Balaban J connectivity index is 1.45. The first-order valence-electron chi connectivity index (χ1n) is 9.17. The van der Waals surface area contributed by atoms with E-state index < -0.39 is 6.03 Å². The first kappa shape index (κ1) is 20.6. The summed E-state index contributed by atoms with van der Waals surface area (Å²) in [7, 11) is 0. The zero-order valence-electron chi connectivity index (χ0n) is 16.0. The molecule has 0 aliphatic heterocycles. The first-order valence-corrected chi connectivity index (χ1v) is 9.93. The molecule has 0 bridgehead atoms. The van der Waals surface area contributed by atoms with Crippen LogP contribution in [0.3, 0.4) is 0 Å². The summed E-state index contributed by atoms with van der Waals surface area (Å²) in [5.74, 6) is 0.407. The van der Waals surface area contributed by atoms with Gasteiger partial charge in [-0.3, -0.25) is 14.9 Å². The van der Waals surface area contributed by atoms with Crippen molar-refractivity contribution < 1.29 is 4.79 Å². The van der Waals surface area contributed by atoms with Crippen LogP contribution in [0.5, 0.6) is 0 Å². The number of halogens is 2. The maximum Gasteiger partial charge on any atom is 0.319 e. The third kappa shape index (κ3) is 4.76. The predicted molar refractivity (Wildman–Crippen MR) is 120 cm³/mol. The largest absolute Gasteiger partial charge is 0.334 e. The van der Waals surface area contributed by atoms with E-state index in [1.807, 2.05) is 6.07 Å². The Bertz CT molecular complexity index is 1290. The highest BCUT2D eigenvalue weighted by atomic mass is 35.5. The molecular weight excluding hydrogens is 439 g/mol. The Hall–Kier alpha value is -3.62. The Morgan fingerprint density at radius 1 is 1.10 bits per heavy atom. The van der Waals surface area contributed by atoms with Gasteiger partial charge >= 0.3 is 6.03 Å². The number of rotatable bonds is 5. The molecule has 3 heterocycles. The number of carbonyl (C=O) groups is 1. The van der Waals surface area contributed by atoms with Crippen molar-refractivity contribution in [1.82, 2.24) is 25.1 Å². The fourth-order valence-corrected chi connectivity index (χ4v) is 3.19. The van der Waals surface area contributed by atoms with Gasteiger partial charge in [-0.15, -0.1) is 0 Å². The number of nitrogens with one attached hydrogen (secondary N) is 3. The van der Waals surface area contributed by atoms with Gasteiger partial charge in [-0.1, -0.05) is 29.3 Å². The van der Waals surface area contributed by atoms with E-state index >= 15 is 0 Å². The molecule has 4 rings (SSSR count). The summed E-state index contributed by atoms with van der Waals surface area (Å²) in [6, 6.07) is 11.4. The molecule has 2 amide bonds. The normalized spacial score (nSPS) is 10.6. The second kappa shape index (κ2) is 9.03. The minimum absolute atomic E-state index is 0.230. The minimum Gasteiger partial charge on any atom is -0.334 e. The lowest BCUT2D eigenvalue weighted by atomic mass is 10.2. The molecule has 0 aliphatic carbocycles. The summed E-state index contributed by atoms with van der Waals surface area (Å²) in [5, 5.41) is 9.09. The van der Waals surface area contributed by atoms with E-state index in [1.54, 1.807) is 61.2 Å². The molecule has 0 atom stereocenters. The van der Waals surface area contributed by atoms with Crippen LogP contribution in [-0.4, -0.2) is 25.8 Å². The van der Waals surface area contributed by atoms with Crippen molar-refractivity contribution in [2.45, 2.75) is 6.54 Å². The van der Waals surface area contributed by atoms with Crippen molar-refractivity contribution in [3.63, 3.8) is 0 Å². The quantitative estimate of drug-likeness (QED) is 0.419. The van der Waals surface area contributed by atoms with Crippen molar-refractivity contribution in [3.05, 3.63) is 93.2 Å². The maximum atomic E-state index is 12.8. The average molecular weight is 455 g/mol. The van der Waals surface area contributed by atoms with Crippen LogP contribution in [0.15, 0.2) is 72.0 Å². The molecule has 156 valence electrons. The SMILES string of the molecule is O=C(NCc1ccnc(-n2[nH]cc(-c3cccnc3)c2=O)c1)Nc1ccc(Cl)c(Cl)c1. The van der Waals surface area contributed by atoms with Crippen LogP contribution in [0.1, 0.15) is 5.56 Å². The van der Waals surface area contributed by atoms with Gasteiger partial charge < -0.3 is 10.6 Å². The van der Waals surface area contributed by atoms with Crippen molar-refractivity contribution in [3.8, 4) is 16.9 Å². The molecule has 0 saturated heterocycles. The highest BCUT2D eigenvalue weighted by Crippen LogP contribution is 2.24. The number of H-pyrrole nitrogens is 1. The van der Waals surface area contributed by atoms with Crippen molar-refractivity contribution in [1.29, 1.82) is 0 Å². The van der Waals surface area contributed by atoms with Crippen LogP contribution in [0, 0.1) is 0 Å². The zero-order valence-corrected chi connectivity index (χ0v) is 17.5. The second-order valence-electron chi connectivity index (χ2n) is 6.53. The van der Waals surface area contributed by atoms with E-state index in [-0.39, 0.29) is 12.1 Å². The lowest BCUT2D eigenvalue weighted by molar-refractivity contribution is 0.251. The summed E-state index contributed by atoms with van der Waals surface area (Å²) in [5.41, 5.74) is 2.23. The molecule has 0 fully saturated rings. The van der Waals surface area contributed by atoms with Crippen LogP contribution in [0.25, 0.3) is 16.9 Å². The smallest absolute Gasteiger partial charge is 0.319 e. The molecule has 0 saturated carbocycles. The van der Waals surface area contributed by atoms with Gasteiger partial charge in [0.05, 0.1) is 15.6 Å². The number of aromatic amines is 1. The average Bonchev–Trinajstić information content (AvgIpc) is 3.17. The summed E-state index contributed by atoms with van der Waals surface area (Å²) < 4.78 is 1.33. The van der Waals surface area contributed by atoms with Crippen LogP contribution in [0.2, 0.25) is 10.0 Å². The van der Waals surface area contributed by atoms with E-state index in [9.17, 15) is 9.59 Å². The molecule has 0 radical (unpaired) electrons. The number of hydrogen-bond donors (Lipinski definition) is 3. The molecule has 0 aliphatic rings. The molecular formula is C21H16Cl2N6O2. The number of anilines is 1. The van der Waals surface area contributed by atoms with E-state index in [0.717, 1.165) is 5.56 Å². The molecule has 0 unspecified atom stereocenters. The summed E-state index contributed by atoms with van der Waals surface area (Å²) in [4.78, 5) is 33.2. The minimum atomic E-state index is -0.410. The van der Waals surface area contributed by atoms with Crippen molar-refractivity contribution in [2.75, 3.05) is 5.32 Å². The van der Waals surface area contributed by atoms with Crippen LogP contribution >= 0.6 is 23.2 Å². The number of urea groups is 1. The Morgan fingerprint density at radius 2 is 1.97 bits per heavy atom. The summed E-state index contributed by atoms with van der Waals surface area (Å²) >= 11 is 11.8. The van der Waals surface area contributed by atoms with Crippen molar-refractivity contribution >= 4 is 34.9 Å². The van der Waals surface area contributed by atoms with E-state index in [4.69, 9.17) is 23.2 Å². The van der Waals surface area contributed by atoms with Gasteiger partial charge in [-0.05, 0) is 42.0 Å². The molecule has 3 aromatic heterocycles. The summed E-state index contributed by atoms with van der Waals surface area (Å²) in [6.45, 7) is 0.230. The first-order chi connectivity index (χ1) is 15.0. The number of aromatic nitrogens is 4. The summed E-state index contributed by atoms with van der Waals surface area (Å²) in [6.07, 6.45) is 6.44. The lowest BCUT2D eigenvalue weighted by Crippen LogP contribution is -2.28. The number of hydrogen-bond acceptors (Lipinski definition) is 4. The third-order valence-corrected chi connectivity index (χ3v) is 5.15. The highest BCUT2D eigenvalue weighted by Gasteiger charge is 2.11. The zero-order chi connectivity index (χ0) is 21.8. The number of amides is 2. The van der Waals surface area contributed by atoms with Gasteiger partial charge in [0, 0.05) is 42.6 Å². The number of benzene rings is 1. The van der Waals surface area contributed by atoms with Gasteiger partial charge in [0.1, 0.15) is 0 Å². The fourth-order valence-electron chi connectivity index (χ4n) is 2.89. The molecule has 10 heteroatoms. The Kier molecular flexibility index (Phi) is 6.01. The van der Waals surface area contributed by atoms with E-state index in [1.165, 1.54) is 4.68 Å². The van der Waals surface area contributed by atoms with E-state index in [2.05, 4.69) is 25.7 Å². The fraction of sp³-hybridized carbons (Fsp3) is 0.0476. The number of carbonyl (C=O) groups excluding carboxylic acids is 1. The Morgan fingerprint density at radius 3 is 2.74 bits per heavy atom. The molecule has 1 aromatic carbocycles. The monoisotopic (exact) mass is 454 g/mol. The van der Waals surface area contributed by atoms with Gasteiger partial charge in [0.25, 0.3) is 5.56 Å². The molecule has 31 heavy (non-hydrogen) atoms. The van der Waals surface area contributed by atoms with Crippen LogP contribution in [-0.2, 0) is 6.54 Å². The predicted octanol–water partition coefficient (Wildman–Crippen LogP) is 4.25. The highest BCUT2D eigenvalue weighted by molar-refractivity contribution is 6.42. The lowest BCUT2D eigenvalue weighted by Gasteiger charge is -2.09.